The van der Waals surface area contributed by atoms with Gasteiger partial charge in [-0.1, -0.05) is 20.8 Å². The van der Waals surface area contributed by atoms with E-state index in [1.54, 1.807) is 4.68 Å². The van der Waals surface area contributed by atoms with E-state index in [1.165, 1.54) is 0 Å². The first-order valence-corrected chi connectivity index (χ1v) is 7.34. The van der Waals surface area contributed by atoms with Gasteiger partial charge in [0, 0.05) is 38.8 Å². The zero-order valence-electron chi connectivity index (χ0n) is 13.3. The molecule has 2 heterocycles. The van der Waals surface area contributed by atoms with Gasteiger partial charge in [0.2, 0.25) is 5.91 Å². The highest BCUT2D eigenvalue weighted by Crippen LogP contribution is 2.28. The zero-order chi connectivity index (χ0) is 14.8. The number of carbonyl (C=O) groups excluding carboxylic acids is 1. The molecule has 0 saturated carbocycles. The lowest BCUT2D eigenvalue weighted by Gasteiger charge is -2.20. The number of hydrogen-bond donors (Lipinski definition) is 2. The molecule has 0 spiro atoms. The predicted octanol–water partition coefficient (Wildman–Crippen LogP) is 1.70. The Morgan fingerprint density at radius 1 is 1.48 bits per heavy atom. The van der Waals surface area contributed by atoms with Crippen LogP contribution in [0, 0.1) is 11.3 Å². The fourth-order valence-electron chi connectivity index (χ4n) is 2.63. The number of carbonyl (C=O) groups is 1. The van der Waals surface area contributed by atoms with E-state index < -0.39 is 0 Å². The number of aromatic nitrogens is 2. The topological polar surface area (TPSA) is 59.0 Å². The second-order valence-electron chi connectivity index (χ2n) is 6.92. The number of amides is 1. The van der Waals surface area contributed by atoms with Crippen molar-refractivity contribution >= 4 is 18.3 Å². The van der Waals surface area contributed by atoms with E-state index in [1.807, 2.05) is 19.4 Å². The molecule has 0 unspecified atom stereocenters. The van der Waals surface area contributed by atoms with Crippen molar-refractivity contribution in [3.05, 3.63) is 18.0 Å². The van der Waals surface area contributed by atoms with Crippen LogP contribution in [0.1, 0.15) is 38.7 Å². The minimum absolute atomic E-state index is 0. The summed E-state index contributed by atoms with van der Waals surface area (Å²) in [5, 5.41) is 10.6. The van der Waals surface area contributed by atoms with Gasteiger partial charge >= 0.3 is 0 Å². The molecular weight excluding hydrogens is 288 g/mol. The predicted molar refractivity (Wildman–Crippen MR) is 86.6 cm³/mol. The Labute approximate surface area is 133 Å². The van der Waals surface area contributed by atoms with Crippen LogP contribution in [0.2, 0.25) is 0 Å². The Morgan fingerprint density at radius 2 is 2.19 bits per heavy atom. The fourth-order valence-corrected chi connectivity index (χ4v) is 2.63. The molecule has 1 fully saturated rings. The van der Waals surface area contributed by atoms with Crippen LogP contribution < -0.4 is 10.6 Å². The highest BCUT2D eigenvalue weighted by atomic mass is 35.5. The lowest BCUT2D eigenvalue weighted by Crippen LogP contribution is -2.36. The minimum atomic E-state index is 0. The molecule has 2 rings (SSSR count). The molecule has 5 nitrogen and oxygen atoms in total. The summed E-state index contributed by atoms with van der Waals surface area (Å²) in [4.78, 5) is 12.3. The van der Waals surface area contributed by atoms with Crippen LogP contribution in [0.5, 0.6) is 0 Å². The molecule has 0 aromatic carbocycles. The minimum Gasteiger partial charge on any atom is -0.356 e. The summed E-state index contributed by atoms with van der Waals surface area (Å²) in [6, 6.07) is 0. The summed E-state index contributed by atoms with van der Waals surface area (Å²) in [6.45, 7) is 8.92. The zero-order valence-corrected chi connectivity index (χ0v) is 14.2. The van der Waals surface area contributed by atoms with E-state index in [-0.39, 0.29) is 35.6 Å². The lowest BCUT2D eigenvalue weighted by molar-refractivity contribution is -0.124. The van der Waals surface area contributed by atoms with Crippen molar-refractivity contribution in [2.75, 3.05) is 19.6 Å². The maximum atomic E-state index is 12.3. The van der Waals surface area contributed by atoms with Gasteiger partial charge in [0.15, 0.2) is 0 Å². The molecule has 0 bridgehead atoms. The molecular formula is C15H27ClN4O. The van der Waals surface area contributed by atoms with Gasteiger partial charge in [0.25, 0.3) is 0 Å². The first kappa shape index (κ1) is 18.0. The van der Waals surface area contributed by atoms with Gasteiger partial charge in [-0.15, -0.1) is 12.4 Å². The quantitative estimate of drug-likeness (QED) is 0.889. The van der Waals surface area contributed by atoms with Gasteiger partial charge in [-0.25, -0.2) is 0 Å². The number of hydrogen-bond acceptors (Lipinski definition) is 3. The third-order valence-electron chi connectivity index (χ3n) is 3.88. The van der Waals surface area contributed by atoms with E-state index in [4.69, 9.17) is 0 Å². The summed E-state index contributed by atoms with van der Waals surface area (Å²) in [6.07, 6.45) is 4.87. The van der Waals surface area contributed by atoms with E-state index in [2.05, 4.69) is 36.5 Å². The van der Waals surface area contributed by atoms with Crippen molar-refractivity contribution in [1.29, 1.82) is 0 Å². The van der Waals surface area contributed by atoms with Gasteiger partial charge in [-0.05, 0) is 17.4 Å². The average molecular weight is 315 g/mol. The molecule has 2 atom stereocenters. The highest BCUT2D eigenvalue weighted by molar-refractivity contribution is 5.85. The van der Waals surface area contributed by atoms with Crippen LogP contribution in [0.15, 0.2) is 12.4 Å². The van der Waals surface area contributed by atoms with Gasteiger partial charge in [-0.2, -0.15) is 5.10 Å². The molecule has 1 aliphatic heterocycles. The molecule has 1 saturated heterocycles. The molecule has 1 aromatic heterocycles. The van der Waals surface area contributed by atoms with Gasteiger partial charge in [0.05, 0.1) is 12.1 Å². The Hall–Kier alpha value is -1.07. The maximum absolute atomic E-state index is 12.3. The van der Waals surface area contributed by atoms with Crippen LogP contribution in [0.3, 0.4) is 0 Å². The van der Waals surface area contributed by atoms with Crippen LogP contribution in [0.4, 0.5) is 0 Å². The third kappa shape index (κ3) is 5.00. The molecule has 1 aliphatic rings. The smallest absolute Gasteiger partial charge is 0.225 e. The van der Waals surface area contributed by atoms with Gasteiger partial charge in [-0.3, -0.25) is 9.48 Å². The molecule has 0 aliphatic carbocycles. The standard InChI is InChI=1S/C15H26N4O.ClH/c1-15(2,3)5-6-17-14(20)13-9-16-8-12(13)11-7-18-19(4)10-11;/h7,10,12-13,16H,5-6,8-9H2,1-4H3,(H,17,20);1H/t12-,13+;/m1./s1. The van der Waals surface area contributed by atoms with E-state index in [0.717, 1.165) is 31.6 Å². The lowest BCUT2D eigenvalue weighted by atomic mass is 9.89. The van der Waals surface area contributed by atoms with Gasteiger partial charge < -0.3 is 10.6 Å². The molecule has 120 valence electrons. The van der Waals surface area contributed by atoms with E-state index in [0.29, 0.717) is 0 Å². The van der Waals surface area contributed by atoms with Crippen molar-refractivity contribution in [1.82, 2.24) is 20.4 Å². The SMILES string of the molecule is Cl.Cn1cc([C@H]2CNC[C@@H]2C(=O)NCCC(C)(C)C)cn1. The number of aryl methyl sites for hydroxylation is 1. The Bertz CT molecular complexity index is 466. The summed E-state index contributed by atoms with van der Waals surface area (Å²) < 4.78 is 1.79. The van der Waals surface area contributed by atoms with Crippen molar-refractivity contribution in [3.8, 4) is 0 Å². The van der Waals surface area contributed by atoms with Crippen molar-refractivity contribution < 1.29 is 4.79 Å². The molecule has 1 aromatic rings. The Kier molecular flexibility index (Phi) is 6.23. The number of halogens is 1. The Morgan fingerprint density at radius 3 is 2.76 bits per heavy atom. The number of nitrogens with zero attached hydrogens (tertiary/aromatic N) is 2. The average Bonchev–Trinajstić information content (AvgIpc) is 2.94. The van der Waals surface area contributed by atoms with Crippen LogP contribution in [-0.2, 0) is 11.8 Å². The third-order valence-corrected chi connectivity index (χ3v) is 3.88. The van der Waals surface area contributed by atoms with Crippen molar-refractivity contribution in [3.63, 3.8) is 0 Å². The fraction of sp³-hybridized carbons (Fsp3) is 0.733. The van der Waals surface area contributed by atoms with Crippen LogP contribution >= 0.6 is 12.4 Å². The van der Waals surface area contributed by atoms with Gasteiger partial charge in [0.1, 0.15) is 0 Å². The summed E-state index contributed by atoms with van der Waals surface area (Å²) in [5.74, 6) is 0.408. The summed E-state index contributed by atoms with van der Waals surface area (Å²) in [7, 11) is 1.91. The monoisotopic (exact) mass is 314 g/mol. The molecule has 0 radical (unpaired) electrons. The molecule has 6 heteroatoms. The first-order valence-electron chi connectivity index (χ1n) is 7.34. The second-order valence-corrected chi connectivity index (χ2v) is 6.92. The van der Waals surface area contributed by atoms with E-state index >= 15 is 0 Å². The summed E-state index contributed by atoms with van der Waals surface area (Å²) >= 11 is 0. The van der Waals surface area contributed by atoms with Crippen LogP contribution in [0.25, 0.3) is 0 Å². The first-order chi connectivity index (χ1) is 9.37. The molecule has 1 amide bonds. The van der Waals surface area contributed by atoms with Crippen LogP contribution in [-0.4, -0.2) is 35.3 Å². The Balaban J connectivity index is 0.00000220. The second kappa shape index (κ2) is 7.27. The van der Waals surface area contributed by atoms with Crippen molar-refractivity contribution in [2.45, 2.75) is 33.1 Å². The normalized spacial score (nSPS) is 21.9. The molecule has 21 heavy (non-hydrogen) atoms. The van der Waals surface area contributed by atoms with E-state index in [9.17, 15) is 4.79 Å². The number of rotatable bonds is 4. The number of nitrogens with one attached hydrogen (secondary N) is 2. The highest BCUT2D eigenvalue weighted by Gasteiger charge is 2.34. The largest absolute Gasteiger partial charge is 0.356 e. The molecule has 2 N–H and O–H groups in total. The van der Waals surface area contributed by atoms with Crippen molar-refractivity contribution in [2.24, 2.45) is 18.4 Å². The summed E-state index contributed by atoms with van der Waals surface area (Å²) in [5.41, 5.74) is 1.40. The maximum Gasteiger partial charge on any atom is 0.225 e.